The highest BCUT2D eigenvalue weighted by Gasteiger charge is 2.37. The Morgan fingerprint density at radius 2 is 1.96 bits per heavy atom. The van der Waals surface area contributed by atoms with Gasteiger partial charge in [-0.2, -0.15) is 0 Å². The largest absolute Gasteiger partial charge is 0.535 e. The van der Waals surface area contributed by atoms with Crippen molar-refractivity contribution < 1.29 is 19.3 Å². The molecule has 2 aromatic rings. The van der Waals surface area contributed by atoms with Gasteiger partial charge in [0.2, 0.25) is 0 Å². The van der Waals surface area contributed by atoms with Crippen molar-refractivity contribution in [3.05, 3.63) is 64.7 Å². The molecule has 3 rings (SSSR count). The number of ketones is 2. The Balaban J connectivity index is 1.76. The fourth-order valence-corrected chi connectivity index (χ4v) is 3.50. The molecular formula is C21H24BNO4. The van der Waals surface area contributed by atoms with Crippen LogP contribution >= 0.6 is 0 Å². The first-order chi connectivity index (χ1) is 12.8. The third-order valence-electron chi connectivity index (χ3n) is 4.80. The number of nitrogens with zero attached hydrogens (tertiary/aromatic N) is 1. The molecule has 5 nitrogen and oxygen atoms in total. The summed E-state index contributed by atoms with van der Waals surface area (Å²) in [5, 5.41) is 10.4. The SMILES string of the molecule is CC(=O)c1cccc2c1OB(O)[C@@H](CC(=O)c1cccc(CN(C)C)c1)C2. The highest BCUT2D eigenvalue weighted by atomic mass is 16.5. The second kappa shape index (κ2) is 8.07. The van der Waals surface area contributed by atoms with Crippen LogP contribution in [0.15, 0.2) is 42.5 Å². The van der Waals surface area contributed by atoms with Crippen LogP contribution in [0.1, 0.15) is 45.2 Å². The maximum absolute atomic E-state index is 12.7. The standard InChI is InChI=1S/C21H24BNO4/c1-14(24)19-9-5-8-17-11-18(22(26)27-21(17)19)12-20(25)16-7-4-6-15(10-16)13-23(2)3/h4-10,18,26H,11-13H2,1-3H3/t18-/m1/s1. The van der Waals surface area contributed by atoms with E-state index in [2.05, 4.69) is 0 Å². The number of carbonyl (C=O) groups is 2. The normalized spacial score (nSPS) is 16.0. The van der Waals surface area contributed by atoms with Crippen LogP contribution in [0.5, 0.6) is 5.75 Å². The van der Waals surface area contributed by atoms with E-state index in [-0.39, 0.29) is 23.8 Å². The number of benzene rings is 2. The fraction of sp³-hybridized carbons (Fsp3) is 0.333. The van der Waals surface area contributed by atoms with Gasteiger partial charge in [-0.3, -0.25) is 9.59 Å². The molecule has 0 radical (unpaired) electrons. The summed E-state index contributed by atoms with van der Waals surface area (Å²) in [6.07, 6.45) is 0.692. The van der Waals surface area contributed by atoms with Crippen LogP contribution in [0.25, 0.3) is 0 Å². The van der Waals surface area contributed by atoms with Gasteiger partial charge in [-0.1, -0.05) is 30.3 Å². The predicted octanol–water partition coefficient (Wildman–Crippen LogP) is 3.01. The number of hydrogen-bond donors (Lipinski definition) is 1. The van der Waals surface area contributed by atoms with Crippen molar-refractivity contribution in [3.8, 4) is 5.75 Å². The smallest absolute Gasteiger partial charge is 0.526 e. The molecule has 1 aliphatic rings. The quantitative estimate of drug-likeness (QED) is 0.630. The van der Waals surface area contributed by atoms with Crippen LogP contribution < -0.4 is 4.65 Å². The second-order valence-corrected chi connectivity index (χ2v) is 7.39. The molecule has 0 fully saturated rings. The van der Waals surface area contributed by atoms with Crippen molar-refractivity contribution in [1.29, 1.82) is 0 Å². The number of Topliss-reactive ketones (excluding diaryl/α,β-unsaturated/α-hetero) is 2. The van der Waals surface area contributed by atoms with Gasteiger partial charge in [-0.25, -0.2) is 0 Å². The molecule has 6 heteroatoms. The summed E-state index contributed by atoms with van der Waals surface area (Å²) in [5.74, 6) is -0.0281. The molecule has 0 aliphatic carbocycles. The van der Waals surface area contributed by atoms with Crippen LogP contribution in [-0.2, 0) is 13.0 Å². The third-order valence-corrected chi connectivity index (χ3v) is 4.80. The van der Waals surface area contributed by atoms with Gasteiger partial charge in [0.15, 0.2) is 11.6 Å². The highest BCUT2D eigenvalue weighted by molar-refractivity contribution is 6.47. The minimum Gasteiger partial charge on any atom is -0.535 e. The molecule has 0 aromatic heterocycles. The molecule has 1 N–H and O–H groups in total. The molecule has 0 bridgehead atoms. The Bertz CT molecular complexity index is 865. The van der Waals surface area contributed by atoms with Crippen molar-refractivity contribution in [1.82, 2.24) is 4.90 Å². The highest BCUT2D eigenvalue weighted by Crippen LogP contribution is 2.36. The number of para-hydroxylation sites is 1. The van der Waals surface area contributed by atoms with E-state index in [1.165, 1.54) is 6.92 Å². The Kier molecular flexibility index (Phi) is 5.78. The van der Waals surface area contributed by atoms with Gasteiger partial charge in [0.05, 0.1) is 5.56 Å². The summed E-state index contributed by atoms with van der Waals surface area (Å²) in [6.45, 7) is 2.24. The Morgan fingerprint density at radius 3 is 2.67 bits per heavy atom. The van der Waals surface area contributed by atoms with Crippen LogP contribution in [0.2, 0.25) is 5.82 Å². The van der Waals surface area contributed by atoms with E-state index in [0.29, 0.717) is 23.3 Å². The zero-order chi connectivity index (χ0) is 19.6. The van der Waals surface area contributed by atoms with E-state index < -0.39 is 7.12 Å². The van der Waals surface area contributed by atoms with E-state index in [4.69, 9.17) is 4.65 Å². The number of fused-ring (bicyclic) bond motifs is 1. The number of rotatable bonds is 6. The first-order valence-electron chi connectivity index (χ1n) is 9.09. The molecule has 1 aliphatic heterocycles. The van der Waals surface area contributed by atoms with Crippen molar-refractivity contribution in [2.45, 2.75) is 32.1 Å². The average Bonchev–Trinajstić information content (AvgIpc) is 2.61. The minimum atomic E-state index is -1.10. The van der Waals surface area contributed by atoms with Crippen molar-refractivity contribution in [2.24, 2.45) is 0 Å². The van der Waals surface area contributed by atoms with Crippen LogP contribution in [0.4, 0.5) is 0 Å². The molecule has 1 heterocycles. The van der Waals surface area contributed by atoms with Gasteiger partial charge in [-0.05, 0) is 50.7 Å². The second-order valence-electron chi connectivity index (χ2n) is 7.39. The van der Waals surface area contributed by atoms with Crippen molar-refractivity contribution in [3.63, 3.8) is 0 Å². The maximum atomic E-state index is 12.7. The van der Waals surface area contributed by atoms with Gasteiger partial charge >= 0.3 is 7.12 Å². The van der Waals surface area contributed by atoms with E-state index in [1.54, 1.807) is 18.2 Å². The lowest BCUT2D eigenvalue weighted by atomic mass is 9.64. The summed E-state index contributed by atoms with van der Waals surface area (Å²) >= 11 is 0. The summed E-state index contributed by atoms with van der Waals surface area (Å²) in [7, 11) is 2.86. The van der Waals surface area contributed by atoms with E-state index >= 15 is 0 Å². The third kappa shape index (κ3) is 4.46. The number of carbonyl (C=O) groups excluding carboxylic acids is 2. The van der Waals surface area contributed by atoms with Gasteiger partial charge in [0.1, 0.15) is 5.75 Å². The molecule has 0 spiro atoms. The lowest BCUT2D eigenvalue weighted by Crippen LogP contribution is -2.35. The Morgan fingerprint density at radius 1 is 1.22 bits per heavy atom. The first-order valence-corrected chi connectivity index (χ1v) is 9.09. The first kappa shape index (κ1) is 19.3. The van der Waals surface area contributed by atoms with Crippen LogP contribution in [0.3, 0.4) is 0 Å². The molecule has 27 heavy (non-hydrogen) atoms. The molecule has 0 unspecified atom stereocenters. The van der Waals surface area contributed by atoms with E-state index in [1.807, 2.05) is 43.3 Å². The Labute approximate surface area is 160 Å². The van der Waals surface area contributed by atoms with Crippen LogP contribution in [0, 0.1) is 0 Å². The molecule has 0 amide bonds. The van der Waals surface area contributed by atoms with E-state index in [0.717, 1.165) is 17.7 Å². The van der Waals surface area contributed by atoms with Crippen molar-refractivity contribution >= 4 is 18.7 Å². The van der Waals surface area contributed by atoms with Gasteiger partial charge in [0, 0.05) is 24.3 Å². The zero-order valence-electron chi connectivity index (χ0n) is 15.9. The fourth-order valence-electron chi connectivity index (χ4n) is 3.50. The molecule has 140 valence electrons. The summed E-state index contributed by atoms with van der Waals surface area (Å²) < 4.78 is 5.63. The zero-order valence-corrected chi connectivity index (χ0v) is 15.9. The number of hydrogen-bond acceptors (Lipinski definition) is 5. The molecule has 0 saturated heterocycles. The topological polar surface area (TPSA) is 66.8 Å². The Hall–Kier alpha value is -2.44. The maximum Gasteiger partial charge on any atom is 0.526 e. The monoisotopic (exact) mass is 365 g/mol. The minimum absolute atomic E-state index is 0.0190. The summed E-state index contributed by atoms with van der Waals surface area (Å²) in [6, 6.07) is 13.0. The van der Waals surface area contributed by atoms with E-state index in [9.17, 15) is 14.6 Å². The summed E-state index contributed by atoms with van der Waals surface area (Å²) in [5.41, 5.74) is 3.03. The van der Waals surface area contributed by atoms with Gasteiger partial charge < -0.3 is 14.6 Å². The van der Waals surface area contributed by atoms with Crippen molar-refractivity contribution in [2.75, 3.05) is 14.1 Å². The predicted molar refractivity (Wildman–Crippen MR) is 105 cm³/mol. The molecule has 1 atom stereocenters. The van der Waals surface area contributed by atoms with Gasteiger partial charge in [0.25, 0.3) is 0 Å². The molecular weight excluding hydrogens is 341 g/mol. The van der Waals surface area contributed by atoms with Crippen LogP contribution in [-0.4, -0.2) is 42.7 Å². The lowest BCUT2D eigenvalue weighted by molar-refractivity contribution is 0.0971. The van der Waals surface area contributed by atoms with Gasteiger partial charge in [-0.15, -0.1) is 0 Å². The molecule has 0 saturated carbocycles. The summed E-state index contributed by atoms with van der Waals surface area (Å²) in [4.78, 5) is 26.6. The lowest BCUT2D eigenvalue weighted by Gasteiger charge is -2.28. The molecule has 2 aromatic carbocycles. The average molecular weight is 365 g/mol.